The second-order valence-electron chi connectivity index (χ2n) is 12.4. The average Bonchev–Trinajstić information content (AvgIpc) is 3.51. The van der Waals surface area contributed by atoms with Crippen LogP contribution in [0.3, 0.4) is 0 Å². The van der Waals surface area contributed by atoms with Gasteiger partial charge in [-0.2, -0.15) is 8.42 Å². The first-order chi connectivity index (χ1) is 26.6. The number of fused-ring (bicyclic) bond motifs is 5. The maximum absolute atomic E-state index is 10.8. The van der Waals surface area contributed by atoms with Gasteiger partial charge in [0.15, 0.2) is 0 Å². The lowest BCUT2D eigenvalue weighted by Crippen LogP contribution is -2.29. The topological polar surface area (TPSA) is 94.8 Å². The first-order valence-corrected chi connectivity index (χ1v) is 20.7. The van der Waals surface area contributed by atoms with E-state index in [9.17, 15) is 18.6 Å². The van der Waals surface area contributed by atoms with Crippen molar-refractivity contribution in [1.82, 2.24) is 0 Å². The summed E-state index contributed by atoms with van der Waals surface area (Å²) in [5.74, 6) is 0.546. The zero-order chi connectivity index (χ0) is 40.6. The molecule has 0 atom stereocenters. The Morgan fingerprint density at radius 1 is 0.418 bits per heavy atom. The minimum Gasteiger partial charge on any atom is -0.507 e. The third-order valence-electron chi connectivity index (χ3n) is 8.60. The lowest BCUT2D eigenvalue weighted by Gasteiger charge is -2.36. The fraction of sp³-hybridized carbons (Fsp3) is 0.224. The fourth-order valence-electron chi connectivity index (χ4n) is 6.77. The highest BCUT2D eigenvalue weighted by Crippen LogP contribution is 2.59. The van der Waals surface area contributed by atoms with Gasteiger partial charge in [-0.3, -0.25) is 4.55 Å². The highest BCUT2D eigenvalue weighted by Gasteiger charge is 2.47. The third kappa shape index (κ3) is 9.27. The Morgan fingerprint density at radius 2 is 0.727 bits per heavy atom. The smallest absolute Gasteiger partial charge is 0.294 e. The Hall–Kier alpha value is -5.43. The van der Waals surface area contributed by atoms with Gasteiger partial charge in [0, 0.05) is 10.8 Å². The molecule has 0 aromatic heterocycles. The molecule has 8 rings (SSSR count). The number of rotatable bonds is 3. The Balaban J connectivity index is 0.000000340. The van der Waals surface area contributed by atoms with Crippen LogP contribution in [0, 0.1) is 0 Å². The molecule has 0 spiro atoms. The van der Waals surface area contributed by atoms with Gasteiger partial charge >= 0.3 is 0 Å². The van der Waals surface area contributed by atoms with E-state index in [4.69, 9.17) is 4.55 Å². The molecule has 1 aliphatic carbocycles. The molecule has 0 heterocycles. The predicted octanol–water partition coefficient (Wildman–Crippen LogP) is 13.6. The summed E-state index contributed by atoms with van der Waals surface area (Å²) in [6, 6.07) is 48.5. The van der Waals surface area contributed by atoms with E-state index in [1.165, 1.54) is 47.2 Å². The van der Waals surface area contributed by atoms with Gasteiger partial charge in [0.2, 0.25) is 0 Å². The summed E-state index contributed by atoms with van der Waals surface area (Å²) in [4.78, 5) is -0.0741. The van der Waals surface area contributed by atoms with Crippen LogP contribution in [0.2, 0.25) is 0 Å². The van der Waals surface area contributed by atoms with Crippen LogP contribution in [0.15, 0.2) is 157 Å². The van der Waals surface area contributed by atoms with Gasteiger partial charge in [-0.1, -0.05) is 196 Å². The van der Waals surface area contributed by atoms with Crippen molar-refractivity contribution in [2.75, 3.05) is 0 Å². The Morgan fingerprint density at radius 3 is 1.07 bits per heavy atom. The quantitative estimate of drug-likeness (QED) is 0.156. The summed E-state index contributed by atoms with van der Waals surface area (Å²) in [5.41, 5.74) is 6.40. The van der Waals surface area contributed by atoms with Gasteiger partial charge in [0.05, 0.1) is 10.3 Å². The minimum atomic E-state index is -4.00. The summed E-state index contributed by atoms with van der Waals surface area (Å²) < 4.78 is 29.2. The van der Waals surface area contributed by atoms with Gasteiger partial charge in [0.1, 0.15) is 11.5 Å². The van der Waals surface area contributed by atoms with Crippen molar-refractivity contribution in [2.24, 2.45) is 0 Å². The van der Waals surface area contributed by atoms with E-state index in [0.717, 1.165) is 32.7 Å². The van der Waals surface area contributed by atoms with Crippen molar-refractivity contribution >= 4 is 31.7 Å². The number of benzene rings is 7. The molecule has 0 saturated heterocycles. The monoisotopic (exact) mass is 756 g/mol. The number of phenolic OH excluding ortho intramolecular Hbond substituents is 2. The molecular weight excluding hydrogens is 701 g/mol. The van der Waals surface area contributed by atoms with E-state index in [2.05, 4.69) is 100 Å². The van der Waals surface area contributed by atoms with Crippen LogP contribution in [0.4, 0.5) is 0 Å². The largest absolute Gasteiger partial charge is 0.507 e. The molecule has 0 amide bonds. The van der Waals surface area contributed by atoms with Gasteiger partial charge in [-0.05, 0) is 68.4 Å². The zero-order valence-corrected chi connectivity index (χ0v) is 34.2. The normalized spacial score (nSPS) is 11.6. The van der Waals surface area contributed by atoms with Gasteiger partial charge in [-0.25, -0.2) is 0 Å². The van der Waals surface area contributed by atoms with Crippen LogP contribution in [-0.2, 0) is 15.5 Å². The molecular formula is C49H56O5S. The number of phenols is 2. The van der Waals surface area contributed by atoms with E-state index < -0.39 is 15.5 Å². The van der Waals surface area contributed by atoms with Gasteiger partial charge in [-0.15, -0.1) is 0 Å². The summed E-state index contributed by atoms with van der Waals surface area (Å²) in [7, 11) is -4.00. The molecule has 0 bridgehead atoms. The Labute approximate surface area is 328 Å². The molecule has 7 aromatic rings. The van der Waals surface area contributed by atoms with Crippen LogP contribution >= 0.6 is 0 Å². The Bertz CT molecular complexity index is 2230. The zero-order valence-electron chi connectivity index (χ0n) is 33.4. The van der Waals surface area contributed by atoms with E-state index in [1.54, 1.807) is 18.2 Å². The van der Waals surface area contributed by atoms with Crippen molar-refractivity contribution in [2.45, 2.75) is 78.5 Å². The standard InChI is InChI=1S/C33H22O2.C6H6O3S.2C3H8.2C2H6/c34-31-19-17-29(23-11-1-3-13-25(23)31)33(30-18-20-32(35)26-14-4-2-12-24(26)30)27-15-7-5-9-21(27)22-10-6-8-16-28(22)33;7-10(8,9)6-4-2-1-3-5-6;2*1-3-2;2*1-2/h1-20,34-35H;1-5H,(H,7,8,9);2*3H2,1-2H3;2*1-2H3. The molecule has 55 heavy (non-hydrogen) atoms. The lowest BCUT2D eigenvalue weighted by molar-refractivity contribution is 0.480. The molecule has 0 aliphatic heterocycles. The van der Waals surface area contributed by atoms with Crippen LogP contribution in [0.25, 0.3) is 32.7 Å². The van der Waals surface area contributed by atoms with Crippen molar-refractivity contribution < 1.29 is 23.2 Å². The highest BCUT2D eigenvalue weighted by molar-refractivity contribution is 7.85. The maximum Gasteiger partial charge on any atom is 0.294 e. The van der Waals surface area contributed by atoms with Crippen LogP contribution < -0.4 is 0 Å². The SMILES string of the molecule is CC.CC.CCC.CCC.O=S(=O)(O)c1ccccc1.Oc1ccc(C2(c3ccc(O)c4ccccc34)c3ccccc3-c3ccccc32)c2ccccc12. The first-order valence-electron chi connectivity index (χ1n) is 19.3. The summed E-state index contributed by atoms with van der Waals surface area (Å²) in [6.45, 7) is 16.5. The minimum absolute atomic E-state index is 0.0741. The molecule has 6 heteroatoms. The number of aromatic hydroxyl groups is 2. The molecule has 3 N–H and O–H groups in total. The molecule has 0 unspecified atom stereocenters. The van der Waals surface area contributed by atoms with Crippen LogP contribution in [0.5, 0.6) is 11.5 Å². The van der Waals surface area contributed by atoms with Crippen molar-refractivity contribution in [3.8, 4) is 22.6 Å². The van der Waals surface area contributed by atoms with Crippen molar-refractivity contribution in [1.29, 1.82) is 0 Å². The molecule has 0 fully saturated rings. The second kappa shape index (κ2) is 20.9. The predicted molar refractivity (Wildman–Crippen MR) is 233 cm³/mol. The molecule has 0 saturated carbocycles. The van der Waals surface area contributed by atoms with Crippen molar-refractivity contribution in [3.05, 3.63) is 174 Å². The van der Waals surface area contributed by atoms with Crippen LogP contribution in [-0.4, -0.2) is 23.2 Å². The Kier molecular flexibility index (Phi) is 16.7. The highest BCUT2D eigenvalue weighted by atomic mass is 32.2. The maximum atomic E-state index is 10.8. The lowest BCUT2D eigenvalue weighted by atomic mass is 9.65. The van der Waals surface area contributed by atoms with E-state index in [1.807, 2.05) is 76.2 Å². The average molecular weight is 757 g/mol. The van der Waals surface area contributed by atoms with E-state index >= 15 is 0 Å². The molecule has 7 aromatic carbocycles. The first kappa shape index (κ1) is 44.0. The molecule has 1 aliphatic rings. The summed E-state index contributed by atoms with van der Waals surface area (Å²) in [5, 5.41) is 25.2. The molecule has 288 valence electrons. The number of hydrogen-bond acceptors (Lipinski definition) is 4. The van der Waals surface area contributed by atoms with E-state index in [0.29, 0.717) is 0 Å². The molecule has 0 radical (unpaired) electrons. The fourth-order valence-corrected chi connectivity index (χ4v) is 7.27. The second-order valence-corrected chi connectivity index (χ2v) is 13.8. The molecule has 5 nitrogen and oxygen atoms in total. The van der Waals surface area contributed by atoms with Crippen molar-refractivity contribution in [3.63, 3.8) is 0 Å². The third-order valence-corrected chi connectivity index (χ3v) is 9.47. The van der Waals surface area contributed by atoms with Crippen LogP contribution in [0.1, 0.15) is 90.5 Å². The summed E-state index contributed by atoms with van der Waals surface area (Å²) in [6.07, 6.45) is 2.50. The van der Waals surface area contributed by atoms with E-state index in [-0.39, 0.29) is 16.4 Å². The van der Waals surface area contributed by atoms with Gasteiger partial charge in [0.25, 0.3) is 10.1 Å². The summed E-state index contributed by atoms with van der Waals surface area (Å²) >= 11 is 0. The van der Waals surface area contributed by atoms with Gasteiger partial charge < -0.3 is 10.2 Å². The number of hydrogen-bond donors (Lipinski definition) is 3.